The third-order valence-electron chi connectivity index (χ3n) is 13.2. The van der Waals surface area contributed by atoms with Crippen molar-refractivity contribution in [2.75, 3.05) is 50.7 Å². The number of carbonyl (C=O) groups is 3. The predicted octanol–water partition coefficient (Wildman–Crippen LogP) is 6.90. The van der Waals surface area contributed by atoms with Gasteiger partial charge in [0.1, 0.15) is 22.1 Å². The van der Waals surface area contributed by atoms with Crippen LogP contribution in [-0.4, -0.2) is 103 Å². The van der Waals surface area contributed by atoms with Crippen molar-refractivity contribution in [1.29, 1.82) is 0 Å². The second kappa shape index (κ2) is 17.3. The number of aromatic nitrogens is 6. The summed E-state index contributed by atoms with van der Waals surface area (Å²) in [5, 5.41) is 7.25. The number of likely N-dealkylation sites (tertiary alicyclic amines) is 2. The first-order valence-electron chi connectivity index (χ1n) is 21.5. The molecule has 4 aromatic heterocycles. The lowest BCUT2D eigenvalue weighted by Crippen LogP contribution is -2.42. The van der Waals surface area contributed by atoms with Gasteiger partial charge in [0.25, 0.3) is 5.91 Å². The van der Waals surface area contributed by atoms with Gasteiger partial charge in [0, 0.05) is 64.1 Å². The Hall–Kier alpha value is -5.34. The first-order valence-corrected chi connectivity index (χ1v) is 21.9. The van der Waals surface area contributed by atoms with Crippen molar-refractivity contribution >= 4 is 46.2 Å². The number of fused-ring (bicyclic) bond motifs is 1. The fourth-order valence-electron chi connectivity index (χ4n) is 9.74. The molecule has 14 nitrogen and oxygen atoms in total. The number of imide groups is 1. The number of hydrogen-bond donors (Lipinski definition) is 2. The van der Waals surface area contributed by atoms with Gasteiger partial charge >= 0.3 is 0 Å². The van der Waals surface area contributed by atoms with E-state index in [1.165, 1.54) is 45.1 Å². The Kier molecular flexibility index (Phi) is 11.6. The molecule has 0 bridgehead atoms. The molecule has 4 aliphatic rings. The zero-order valence-electron chi connectivity index (χ0n) is 34.4. The highest BCUT2D eigenvalue weighted by molar-refractivity contribution is 6.32. The smallest absolute Gasteiger partial charge is 0.253 e. The Morgan fingerprint density at radius 2 is 1.62 bits per heavy atom. The van der Waals surface area contributed by atoms with E-state index in [1.54, 1.807) is 10.9 Å². The van der Waals surface area contributed by atoms with Crippen molar-refractivity contribution in [3.63, 3.8) is 0 Å². The molecular weight excluding hydrogens is 780 g/mol. The molecule has 1 atom stereocenters. The molecule has 9 rings (SSSR count). The van der Waals surface area contributed by atoms with Crippen molar-refractivity contribution in [1.82, 2.24) is 44.8 Å². The molecule has 3 amide bonds. The van der Waals surface area contributed by atoms with Crippen LogP contribution in [-0.2, 0) is 16.6 Å². The molecule has 0 aliphatic carbocycles. The van der Waals surface area contributed by atoms with Crippen LogP contribution in [0.4, 0.5) is 5.69 Å². The summed E-state index contributed by atoms with van der Waals surface area (Å²) in [6, 6.07) is 9.37. The highest BCUT2D eigenvalue weighted by Crippen LogP contribution is 2.37. The maximum Gasteiger partial charge on any atom is 0.253 e. The van der Waals surface area contributed by atoms with E-state index in [4.69, 9.17) is 16.3 Å². The van der Waals surface area contributed by atoms with Crippen LogP contribution in [0.1, 0.15) is 85.3 Å². The average molecular weight is 833 g/mol. The van der Waals surface area contributed by atoms with E-state index in [0.29, 0.717) is 63.8 Å². The minimum atomic E-state index is -0.306. The number of ether oxygens (including phenoxy) is 1. The van der Waals surface area contributed by atoms with E-state index in [2.05, 4.69) is 46.2 Å². The second-order valence-corrected chi connectivity index (χ2v) is 17.7. The SMILES string of the molecule is Cc1nn(C)cc1-c1nc2ncc(Cl)c(Oc3ccc(C(=O)N4CCC(CC5CCN(CC6CCN(c7cncc([C@@H]8CCC(=O)NC8=O)c7)CC6)CC5)CC4)cc3)c2[nH]1. The van der Waals surface area contributed by atoms with Gasteiger partial charge in [-0.25, -0.2) is 9.97 Å². The second-order valence-electron chi connectivity index (χ2n) is 17.3. The Morgan fingerprint density at radius 1 is 0.900 bits per heavy atom. The van der Waals surface area contributed by atoms with Crippen molar-refractivity contribution in [3.05, 3.63) is 77.0 Å². The lowest BCUT2D eigenvalue weighted by atomic mass is 9.82. The number of aromatic amines is 1. The Bertz CT molecular complexity index is 2350. The number of amides is 3. The standard InChI is InChI=1S/C45H53ClN10O4/c1-28-37(27-53(2)52-28)42-50-40-41(38(46)25-48-43(40)51-42)60-35-5-3-32(4-6-35)45(59)56-19-11-30(12-20-56)21-29-9-15-54(16-10-29)26-31-13-17-55(18-14-31)34-22-33(23-47-24-34)36-7-8-39(57)49-44(36)58/h3-6,22-25,27,29-31,36H,7-21,26H2,1-2H3,(H,48,50,51)(H,49,57,58)/t36-/m0/s1. The fraction of sp³-hybridized carbons (Fsp3) is 0.489. The summed E-state index contributed by atoms with van der Waals surface area (Å²) in [5.74, 6) is 3.10. The molecule has 2 N–H and O–H groups in total. The zero-order valence-corrected chi connectivity index (χ0v) is 35.2. The van der Waals surface area contributed by atoms with Gasteiger partial charge in [-0.2, -0.15) is 5.10 Å². The van der Waals surface area contributed by atoms with Gasteiger partial charge in [0.2, 0.25) is 11.8 Å². The molecular formula is C45H53ClN10O4. The first kappa shape index (κ1) is 40.1. The highest BCUT2D eigenvalue weighted by Gasteiger charge is 2.31. The molecule has 0 radical (unpaired) electrons. The fourth-order valence-corrected chi connectivity index (χ4v) is 9.93. The minimum absolute atomic E-state index is 0.0611. The van der Waals surface area contributed by atoms with E-state index < -0.39 is 0 Å². The van der Waals surface area contributed by atoms with E-state index in [0.717, 1.165) is 80.3 Å². The van der Waals surface area contributed by atoms with Gasteiger partial charge in [-0.3, -0.25) is 29.4 Å². The molecule has 0 saturated carbocycles. The molecule has 4 saturated heterocycles. The van der Waals surface area contributed by atoms with Crippen molar-refractivity contribution < 1.29 is 19.1 Å². The summed E-state index contributed by atoms with van der Waals surface area (Å²) >= 11 is 6.56. The zero-order chi connectivity index (χ0) is 41.3. The number of rotatable bonds is 10. The molecule has 4 fully saturated rings. The number of hydrogen-bond acceptors (Lipinski definition) is 10. The molecule has 60 heavy (non-hydrogen) atoms. The first-order chi connectivity index (χ1) is 29.1. The summed E-state index contributed by atoms with van der Waals surface area (Å²) in [4.78, 5) is 61.5. The normalized spacial score (nSPS) is 20.2. The number of imidazole rings is 1. The van der Waals surface area contributed by atoms with Crippen LogP contribution < -0.4 is 15.0 Å². The molecule has 5 aromatic rings. The summed E-state index contributed by atoms with van der Waals surface area (Å²) in [5.41, 5.74) is 5.42. The minimum Gasteiger partial charge on any atom is -0.453 e. The van der Waals surface area contributed by atoms with Crippen LogP contribution in [0.15, 0.2) is 55.1 Å². The van der Waals surface area contributed by atoms with Gasteiger partial charge < -0.3 is 24.4 Å². The van der Waals surface area contributed by atoms with Gasteiger partial charge in [0.05, 0.1) is 35.3 Å². The molecule has 0 unspecified atom stereocenters. The lowest BCUT2D eigenvalue weighted by Gasteiger charge is -2.39. The highest BCUT2D eigenvalue weighted by atomic mass is 35.5. The van der Waals surface area contributed by atoms with Crippen LogP contribution >= 0.6 is 11.6 Å². The van der Waals surface area contributed by atoms with E-state index in [-0.39, 0.29) is 23.6 Å². The quantitative estimate of drug-likeness (QED) is 0.142. The van der Waals surface area contributed by atoms with E-state index in [9.17, 15) is 14.4 Å². The number of benzene rings is 1. The maximum absolute atomic E-state index is 13.5. The van der Waals surface area contributed by atoms with E-state index >= 15 is 0 Å². The Morgan fingerprint density at radius 3 is 2.32 bits per heavy atom. The van der Waals surface area contributed by atoms with E-state index in [1.807, 2.05) is 55.5 Å². The number of piperidine rings is 4. The van der Waals surface area contributed by atoms with Crippen molar-refractivity contribution in [2.45, 2.75) is 70.6 Å². The molecule has 0 spiro atoms. The van der Waals surface area contributed by atoms with Gasteiger partial charge in [0.15, 0.2) is 11.4 Å². The summed E-state index contributed by atoms with van der Waals surface area (Å²) in [6.07, 6.45) is 16.2. The van der Waals surface area contributed by atoms with Crippen LogP contribution in [0.3, 0.4) is 0 Å². The Balaban J connectivity index is 0.700. The summed E-state index contributed by atoms with van der Waals surface area (Å²) < 4.78 is 7.99. The average Bonchev–Trinajstić information content (AvgIpc) is 3.85. The van der Waals surface area contributed by atoms with Crippen LogP contribution in [0.5, 0.6) is 11.5 Å². The van der Waals surface area contributed by atoms with Gasteiger partial charge in [-0.15, -0.1) is 0 Å². The molecule has 314 valence electrons. The number of nitrogens with one attached hydrogen (secondary N) is 2. The Labute approximate surface area is 355 Å². The number of nitrogens with zero attached hydrogens (tertiary/aromatic N) is 8. The molecule has 8 heterocycles. The summed E-state index contributed by atoms with van der Waals surface area (Å²) in [6.45, 7) is 9.02. The number of anilines is 1. The topological polar surface area (TPSA) is 154 Å². The van der Waals surface area contributed by atoms with Crippen molar-refractivity contribution in [3.8, 4) is 22.9 Å². The summed E-state index contributed by atoms with van der Waals surface area (Å²) in [7, 11) is 1.87. The van der Waals surface area contributed by atoms with Gasteiger partial charge in [-0.1, -0.05) is 11.6 Å². The number of aryl methyl sites for hydroxylation is 2. The van der Waals surface area contributed by atoms with Crippen molar-refractivity contribution in [2.24, 2.45) is 24.8 Å². The molecule has 4 aliphatic heterocycles. The molecule has 1 aromatic carbocycles. The largest absolute Gasteiger partial charge is 0.453 e. The maximum atomic E-state index is 13.5. The third kappa shape index (κ3) is 8.76. The predicted molar refractivity (Wildman–Crippen MR) is 229 cm³/mol. The van der Waals surface area contributed by atoms with Gasteiger partial charge in [-0.05, 0) is 125 Å². The van der Waals surface area contributed by atoms with Crippen LogP contribution in [0.2, 0.25) is 5.02 Å². The number of H-pyrrole nitrogens is 1. The monoisotopic (exact) mass is 832 g/mol. The molecule has 15 heteroatoms. The lowest BCUT2D eigenvalue weighted by molar-refractivity contribution is -0.134. The number of carbonyl (C=O) groups excluding carboxylic acids is 3. The third-order valence-corrected chi connectivity index (χ3v) is 13.4. The van der Waals surface area contributed by atoms with Crippen LogP contribution in [0, 0.1) is 24.7 Å². The van der Waals surface area contributed by atoms with Crippen LogP contribution in [0.25, 0.3) is 22.6 Å². The number of halogens is 1. The number of pyridine rings is 2.